The lowest BCUT2D eigenvalue weighted by Gasteiger charge is -2.07. The fourth-order valence-corrected chi connectivity index (χ4v) is 2.06. The highest BCUT2D eigenvalue weighted by atomic mass is 16.5. The number of imidazole rings is 1. The molecule has 2 heterocycles. The largest absolute Gasteiger partial charge is 0.361 e. The van der Waals surface area contributed by atoms with E-state index in [1.165, 1.54) is 0 Å². The lowest BCUT2D eigenvalue weighted by molar-refractivity contribution is -0.120. The molecule has 108 valence electrons. The first-order valence-corrected chi connectivity index (χ1v) is 6.65. The van der Waals surface area contributed by atoms with E-state index in [0.29, 0.717) is 18.7 Å². The van der Waals surface area contributed by atoms with Gasteiger partial charge in [0, 0.05) is 24.3 Å². The molecular weight excluding hydrogens is 256 g/mol. The number of carbonyl (C=O) groups is 1. The van der Waals surface area contributed by atoms with Gasteiger partial charge in [0.1, 0.15) is 5.76 Å². The minimum absolute atomic E-state index is 0.0195. The normalized spacial score (nSPS) is 10.8. The number of aryl methyl sites for hydroxylation is 3. The molecule has 0 aliphatic heterocycles. The zero-order chi connectivity index (χ0) is 14.7. The van der Waals surface area contributed by atoms with Crippen molar-refractivity contribution in [1.29, 1.82) is 0 Å². The van der Waals surface area contributed by atoms with Crippen molar-refractivity contribution >= 4 is 5.91 Å². The summed E-state index contributed by atoms with van der Waals surface area (Å²) in [7, 11) is 0. The Balaban J connectivity index is 1.83. The Morgan fingerprint density at radius 3 is 2.60 bits per heavy atom. The summed E-state index contributed by atoms with van der Waals surface area (Å²) in [4.78, 5) is 16.1. The van der Waals surface area contributed by atoms with Crippen molar-refractivity contribution in [2.75, 3.05) is 6.54 Å². The summed E-state index contributed by atoms with van der Waals surface area (Å²) in [6, 6.07) is 0. The lowest BCUT2D eigenvalue weighted by Crippen LogP contribution is -2.29. The number of rotatable bonds is 5. The molecule has 0 aromatic carbocycles. The first kappa shape index (κ1) is 14.3. The Bertz CT molecular complexity index is 593. The number of nitrogens with zero attached hydrogens (tertiary/aromatic N) is 3. The molecule has 0 saturated heterocycles. The van der Waals surface area contributed by atoms with Crippen molar-refractivity contribution in [3.63, 3.8) is 0 Å². The van der Waals surface area contributed by atoms with E-state index in [9.17, 15) is 4.79 Å². The topological polar surface area (TPSA) is 73.0 Å². The number of carbonyl (C=O) groups excluding carboxylic acids is 1. The Hall–Kier alpha value is -2.11. The predicted molar refractivity (Wildman–Crippen MR) is 74.4 cm³/mol. The van der Waals surface area contributed by atoms with Crippen LogP contribution in [0.2, 0.25) is 0 Å². The van der Waals surface area contributed by atoms with E-state index < -0.39 is 0 Å². The fraction of sp³-hybridized carbons (Fsp3) is 0.500. The van der Waals surface area contributed by atoms with Crippen molar-refractivity contribution in [2.24, 2.45) is 0 Å². The maximum absolute atomic E-state index is 11.9. The highest BCUT2D eigenvalue weighted by molar-refractivity contribution is 5.78. The van der Waals surface area contributed by atoms with Gasteiger partial charge in [-0.3, -0.25) is 4.79 Å². The smallest absolute Gasteiger partial charge is 0.224 e. The number of hydrogen-bond acceptors (Lipinski definition) is 4. The second-order valence-corrected chi connectivity index (χ2v) is 4.94. The zero-order valence-corrected chi connectivity index (χ0v) is 12.4. The predicted octanol–water partition coefficient (Wildman–Crippen LogP) is 1.46. The first-order valence-electron chi connectivity index (χ1n) is 6.65. The molecule has 0 saturated carbocycles. The molecule has 0 atom stereocenters. The van der Waals surface area contributed by atoms with Crippen LogP contribution in [-0.4, -0.2) is 27.2 Å². The second-order valence-electron chi connectivity index (χ2n) is 4.94. The monoisotopic (exact) mass is 276 g/mol. The number of amides is 1. The van der Waals surface area contributed by atoms with Gasteiger partial charge in [0.05, 0.1) is 24.1 Å². The van der Waals surface area contributed by atoms with Gasteiger partial charge >= 0.3 is 0 Å². The maximum Gasteiger partial charge on any atom is 0.224 e. The lowest BCUT2D eigenvalue weighted by atomic mass is 10.1. The Labute approximate surface area is 118 Å². The molecule has 0 radical (unpaired) electrons. The minimum atomic E-state index is -0.0195. The van der Waals surface area contributed by atoms with Gasteiger partial charge in [0.25, 0.3) is 0 Å². The fourth-order valence-electron chi connectivity index (χ4n) is 2.06. The maximum atomic E-state index is 11.9. The van der Waals surface area contributed by atoms with E-state index in [2.05, 4.69) is 15.5 Å². The highest BCUT2D eigenvalue weighted by Gasteiger charge is 2.13. The molecule has 6 heteroatoms. The van der Waals surface area contributed by atoms with Crippen LogP contribution >= 0.6 is 0 Å². The third kappa shape index (κ3) is 3.07. The molecular formula is C14H20N4O2. The number of aromatic nitrogens is 3. The Morgan fingerprint density at radius 1 is 1.30 bits per heavy atom. The molecule has 0 fully saturated rings. The minimum Gasteiger partial charge on any atom is -0.361 e. The summed E-state index contributed by atoms with van der Waals surface area (Å²) in [5.41, 5.74) is 3.80. The number of nitrogens with one attached hydrogen (secondary N) is 1. The van der Waals surface area contributed by atoms with E-state index in [4.69, 9.17) is 4.52 Å². The SMILES string of the molecule is Cc1noc(C)c1CC(=O)NCCn1cnc(C)c1C. The average Bonchev–Trinajstić information content (AvgIpc) is 2.89. The molecule has 1 amide bonds. The van der Waals surface area contributed by atoms with E-state index >= 15 is 0 Å². The van der Waals surface area contributed by atoms with Crippen LogP contribution in [0.15, 0.2) is 10.9 Å². The number of hydrogen-bond donors (Lipinski definition) is 1. The van der Waals surface area contributed by atoms with Gasteiger partial charge < -0.3 is 14.4 Å². The second kappa shape index (κ2) is 5.90. The zero-order valence-electron chi connectivity index (χ0n) is 12.4. The third-order valence-electron chi connectivity index (χ3n) is 3.54. The van der Waals surface area contributed by atoms with Crippen LogP contribution < -0.4 is 5.32 Å². The van der Waals surface area contributed by atoms with E-state index in [1.807, 2.05) is 32.3 Å². The van der Waals surface area contributed by atoms with Crippen molar-refractivity contribution in [3.05, 3.63) is 34.7 Å². The Kier molecular flexibility index (Phi) is 4.22. The van der Waals surface area contributed by atoms with Crippen molar-refractivity contribution in [1.82, 2.24) is 20.0 Å². The van der Waals surface area contributed by atoms with E-state index in [0.717, 1.165) is 29.2 Å². The highest BCUT2D eigenvalue weighted by Crippen LogP contribution is 2.12. The molecule has 0 unspecified atom stereocenters. The molecule has 20 heavy (non-hydrogen) atoms. The molecule has 2 aromatic heterocycles. The van der Waals surface area contributed by atoms with Gasteiger partial charge in [0.2, 0.25) is 5.91 Å². The van der Waals surface area contributed by atoms with Gasteiger partial charge in [-0.1, -0.05) is 5.16 Å². The molecule has 6 nitrogen and oxygen atoms in total. The summed E-state index contributed by atoms with van der Waals surface area (Å²) in [5.74, 6) is 0.688. The first-order chi connectivity index (χ1) is 9.49. The van der Waals surface area contributed by atoms with Crippen LogP contribution in [0.25, 0.3) is 0 Å². The molecule has 0 aliphatic rings. The van der Waals surface area contributed by atoms with Crippen LogP contribution in [0.3, 0.4) is 0 Å². The average molecular weight is 276 g/mol. The molecule has 2 rings (SSSR count). The quantitative estimate of drug-likeness (QED) is 0.897. The van der Waals surface area contributed by atoms with Crippen molar-refractivity contribution < 1.29 is 9.32 Å². The van der Waals surface area contributed by atoms with Crippen molar-refractivity contribution in [3.8, 4) is 0 Å². The van der Waals surface area contributed by atoms with E-state index in [-0.39, 0.29) is 5.91 Å². The summed E-state index contributed by atoms with van der Waals surface area (Å²) < 4.78 is 7.08. The molecule has 1 N–H and O–H groups in total. The van der Waals surface area contributed by atoms with Gasteiger partial charge in [-0.25, -0.2) is 4.98 Å². The molecule has 2 aromatic rings. The van der Waals surface area contributed by atoms with Crippen LogP contribution in [0.5, 0.6) is 0 Å². The summed E-state index contributed by atoms with van der Waals surface area (Å²) >= 11 is 0. The molecule has 0 bridgehead atoms. The molecule has 0 spiro atoms. The van der Waals surface area contributed by atoms with Crippen molar-refractivity contribution in [2.45, 2.75) is 40.7 Å². The Morgan fingerprint density at radius 2 is 2.05 bits per heavy atom. The van der Waals surface area contributed by atoms with E-state index in [1.54, 1.807) is 6.33 Å². The van der Waals surface area contributed by atoms with Gasteiger partial charge in [-0.15, -0.1) is 0 Å². The van der Waals surface area contributed by atoms with Crippen LogP contribution in [0.4, 0.5) is 0 Å². The summed E-state index contributed by atoms with van der Waals surface area (Å²) in [5, 5.41) is 6.75. The molecule has 0 aliphatic carbocycles. The van der Waals surface area contributed by atoms with Crippen LogP contribution in [0.1, 0.15) is 28.4 Å². The van der Waals surface area contributed by atoms with Gasteiger partial charge in [-0.2, -0.15) is 0 Å². The summed E-state index contributed by atoms with van der Waals surface area (Å²) in [6.07, 6.45) is 2.11. The van der Waals surface area contributed by atoms with Gasteiger partial charge in [0.15, 0.2) is 0 Å². The van der Waals surface area contributed by atoms with Crippen LogP contribution in [0, 0.1) is 27.7 Å². The standard InChI is InChI=1S/C14H20N4O2/c1-9-11(3)18(8-16-9)6-5-15-14(19)7-13-10(2)17-20-12(13)4/h8H,5-7H2,1-4H3,(H,15,19). The van der Waals surface area contributed by atoms with Gasteiger partial charge in [-0.05, 0) is 27.7 Å². The summed E-state index contributed by atoms with van der Waals surface area (Å²) in [6.45, 7) is 8.96. The van der Waals surface area contributed by atoms with Crippen LogP contribution in [-0.2, 0) is 17.8 Å². The third-order valence-corrected chi connectivity index (χ3v) is 3.54.